The monoisotopic (exact) mass is 299 g/mol. The van der Waals surface area contributed by atoms with Crippen molar-refractivity contribution in [1.82, 2.24) is 4.90 Å². The second-order valence-corrected chi connectivity index (χ2v) is 9.09. The highest BCUT2D eigenvalue weighted by Crippen LogP contribution is 2.54. The van der Waals surface area contributed by atoms with Gasteiger partial charge in [0.05, 0.1) is 11.5 Å². The standard InChI is InChI=1S/C15H25NO3S/c1-2-3-5-16(14-4-6-20(18,19)10-14)15(17)13-8-11-7-12(11)9-13/h11-14H,2-10H2,1H3. The quantitative estimate of drug-likeness (QED) is 0.778. The Kier molecular flexibility index (Phi) is 3.82. The number of hydrogen-bond acceptors (Lipinski definition) is 3. The van der Waals surface area contributed by atoms with Crippen molar-refractivity contribution in [3.8, 4) is 0 Å². The van der Waals surface area contributed by atoms with Gasteiger partial charge in [-0.1, -0.05) is 13.3 Å². The third-order valence-corrected chi connectivity index (χ3v) is 7.03. The zero-order valence-electron chi connectivity index (χ0n) is 12.3. The summed E-state index contributed by atoms with van der Waals surface area (Å²) < 4.78 is 23.4. The van der Waals surface area contributed by atoms with E-state index in [0.717, 1.165) is 44.1 Å². The van der Waals surface area contributed by atoms with Crippen molar-refractivity contribution in [3.05, 3.63) is 0 Å². The molecule has 0 bridgehead atoms. The SMILES string of the molecule is CCCCN(C(=O)C1CC2CC2C1)C1CCS(=O)(=O)C1. The predicted molar refractivity (Wildman–Crippen MR) is 78.0 cm³/mol. The molecule has 1 saturated heterocycles. The first-order valence-corrected chi connectivity index (χ1v) is 9.83. The third kappa shape index (κ3) is 2.87. The van der Waals surface area contributed by atoms with Crippen LogP contribution in [0.25, 0.3) is 0 Å². The molecule has 3 unspecified atom stereocenters. The Bertz CT molecular complexity index is 477. The number of hydrogen-bond donors (Lipinski definition) is 0. The molecule has 3 rings (SSSR count). The lowest BCUT2D eigenvalue weighted by Crippen LogP contribution is -2.44. The van der Waals surface area contributed by atoms with Gasteiger partial charge in [-0.2, -0.15) is 0 Å². The molecule has 0 aromatic rings. The van der Waals surface area contributed by atoms with Gasteiger partial charge in [-0.25, -0.2) is 8.42 Å². The molecule has 20 heavy (non-hydrogen) atoms. The smallest absolute Gasteiger partial charge is 0.225 e. The van der Waals surface area contributed by atoms with E-state index in [4.69, 9.17) is 0 Å². The first-order valence-electron chi connectivity index (χ1n) is 8.01. The Morgan fingerprint density at radius 3 is 2.45 bits per heavy atom. The minimum Gasteiger partial charge on any atom is -0.338 e. The summed E-state index contributed by atoms with van der Waals surface area (Å²) in [5.41, 5.74) is 0. The van der Waals surface area contributed by atoms with E-state index in [9.17, 15) is 13.2 Å². The lowest BCUT2D eigenvalue weighted by molar-refractivity contribution is -0.137. The second-order valence-electron chi connectivity index (χ2n) is 6.87. The molecule has 2 saturated carbocycles. The molecule has 5 heteroatoms. The molecule has 4 nitrogen and oxygen atoms in total. The summed E-state index contributed by atoms with van der Waals surface area (Å²) in [6, 6.07) is -0.0593. The maximum Gasteiger partial charge on any atom is 0.225 e. The van der Waals surface area contributed by atoms with Crippen LogP contribution in [0.5, 0.6) is 0 Å². The van der Waals surface area contributed by atoms with Crippen LogP contribution in [0.1, 0.15) is 45.4 Å². The van der Waals surface area contributed by atoms with Crippen molar-refractivity contribution >= 4 is 15.7 Å². The molecular formula is C15H25NO3S. The minimum absolute atomic E-state index is 0.0593. The van der Waals surface area contributed by atoms with Crippen molar-refractivity contribution in [2.45, 2.75) is 51.5 Å². The van der Waals surface area contributed by atoms with Gasteiger partial charge in [0.2, 0.25) is 5.91 Å². The largest absolute Gasteiger partial charge is 0.338 e. The number of amides is 1. The minimum atomic E-state index is -2.92. The van der Waals surface area contributed by atoms with E-state index >= 15 is 0 Å². The van der Waals surface area contributed by atoms with Crippen LogP contribution < -0.4 is 0 Å². The summed E-state index contributed by atoms with van der Waals surface area (Å²) in [6.07, 6.45) is 6.06. The van der Waals surface area contributed by atoms with Crippen molar-refractivity contribution < 1.29 is 13.2 Å². The molecule has 2 aliphatic carbocycles. The second kappa shape index (κ2) is 5.32. The van der Waals surface area contributed by atoms with Crippen LogP contribution in [0.2, 0.25) is 0 Å². The summed E-state index contributed by atoms with van der Waals surface area (Å²) in [5.74, 6) is 2.45. The average molecular weight is 299 g/mol. The van der Waals surface area contributed by atoms with E-state index in [1.165, 1.54) is 6.42 Å². The summed E-state index contributed by atoms with van der Waals surface area (Å²) in [7, 11) is -2.92. The highest BCUT2D eigenvalue weighted by atomic mass is 32.2. The number of rotatable bonds is 5. The van der Waals surface area contributed by atoms with Crippen molar-refractivity contribution in [2.24, 2.45) is 17.8 Å². The van der Waals surface area contributed by atoms with Crippen LogP contribution in [-0.2, 0) is 14.6 Å². The van der Waals surface area contributed by atoms with Crippen molar-refractivity contribution in [2.75, 3.05) is 18.1 Å². The van der Waals surface area contributed by atoms with Crippen LogP contribution in [0.3, 0.4) is 0 Å². The third-order valence-electron chi connectivity index (χ3n) is 5.28. The molecular weight excluding hydrogens is 274 g/mol. The summed E-state index contributed by atoms with van der Waals surface area (Å²) in [4.78, 5) is 14.7. The fourth-order valence-electron chi connectivity index (χ4n) is 3.97. The molecule has 1 heterocycles. The average Bonchev–Trinajstić information content (AvgIpc) is 2.84. The Labute approximate surface area is 121 Å². The number of fused-ring (bicyclic) bond motifs is 1. The van der Waals surface area contributed by atoms with Crippen LogP contribution in [0.15, 0.2) is 0 Å². The van der Waals surface area contributed by atoms with E-state index in [1.807, 2.05) is 4.90 Å². The Hall–Kier alpha value is -0.580. The van der Waals surface area contributed by atoms with E-state index in [-0.39, 0.29) is 29.4 Å². The molecule has 0 aromatic carbocycles. The number of carbonyl (C=O) groups excluding carboxylic acids is 1. The van der Waals surface area contributed by atoms with Crippen LogP contribution in [0, 0.1) is 17.8 Å². The lowest BCUT2D eigenvalue weighted by atomic mass is 10.00. The maximum absolute atomic E-state index is 12.7. The van der Waals surface area contributed by atoms with Gasteiger partial charge in [0, 0.05) is 18.5 Å². The number of carbonyl (C=O) groups is 1. The van der Waals surface area contributed by atoms with Gasteiger partial charge in [0.1, 0.15) is 0 Å². The van der Waals surface area contributed by atoms with Gasteiger partial charge in [-0.05, 0) is 43.9 Å². The van der Waals surface area contributed by atoms with Gasteiger partial charge >= 0.3 is 0 Å². The Morgan fingerprint density at radius 2 is 1.90 bits per heavy atom. The number of sulfone groups is 1. The van der Waals surface area contributed by atoms with Crippen LogP contribution in [0.4, 0.5) is 0 Å². The van der Waals surface area contributed by atoms with Gasteiger partial charge in [-0.15, -0.1) is 0 Å². The lowest BCUT2D eigenvalue weighted by Gasteiger charge is -2.31. The number of unbranched alkanes of at least 4 members (excludes halogenated alkanes) is 1. The normalized spacial score (nSPS) is 37.6. The molecule has 114 valence electrons. The molecule has 3 atom stereocenters. The molecule has 3 aliphatic rings. The van der Waals surface area contributed by atoms with Gasteiger partial charge < -0.3 is 4.90 Å². The fraction of sp³-hybridized carbons (Fsp3) is 0.933. The van der Waals surface area contributed by atoms with Crippen LogP contribution in [-0.4, -0.2) is 43.3 Å². The summed E-state index contributed by atoms with van der Waals surface area (Å²) in [5, 5.41) is 0. The first kappa shape index (κ1) is 14.4. The molecule has 1 amide bonds. The van der Waals surface area contributed by atoms with E-state index in [2.05, 4.69) is 6.92 Å². The summed E-state index contributed by atoms with van der Waals surface area (Å²) in [6.45, 7) is 2.85. The molecule has 0 aromatic heterocycles. The zero-order valence-corrected chi connectivity index (χ0v) is 13.1. The maximum atomic E-state index is 12.7. The van der Waals surface area contributed by atoms with E-state index in [0.29, 0.717) is 6.42 Å². The molecule has 0 radical (unpaired) electrons. The van der Waals surface area contributed by atoms with Crippen LogP contribution >= 0.6 is 0 Å². The predicted octanol–water partition coefficient (Wildman–Crippen LogP) is 1.85. The molecule has 0 N–H and O–H groups in total. The first-order chi connectivity index (χ1) is 9.50. The molecule has 3 fully saturated rings. The molecule has 1 aliphatic heterocycles. The van der Waals surface area contributed by atoms with E-state index < -0.39 is 9.84 Å². The topological polar surface area (TPSA) is 54.5 Å². The van der Waals surface area contributed by atoms with Gasteiger partial charge in [0.25, 0.3) is 0 Å². The highest BCUT2D eigenvalue weighted by Gasteiger charge is 2.49. The fourth-order valence-corrected chi connectivity index (χ4v) is 5.70. The van der Waals surface area contributed by atoms with E-state index in [1.54, 1.807) is 0 Å². The molecule has 0 spiro atoms. The van der Waals surface area contributed by atoms with Crippen molar-refractivity contribution in [3.63, 3.8) is 0 Å². The summed E-state index contributed by atoms with van der Waals surface area (Å²) >= 11 is 0. The van der Waals surface area contributed by atoms with Gasteiger partial charge in [-0.3, -0.25) is 4.79 Å². The van der Waals surface area contributed by atoms with Crippen molar-refractivity contribution in [1.29, 1.82) is 0 Å². The highest BCUT2D eigenvalue weighted by molar-refractivity contribution is 7.91. The number of nitrogens with zero attached hydrogens (tertiary/aromatic N) is 1. The van der Waals surface area contributed by atoms with Gasteiger partial charge in [0.15, 0.2) is 9.84 Å². The Morgan fingerprint density at radius 1 is 1.20 bits per heavy atom. The zero-order chi connectivity index (χ0) is 14.3. The Balaban J connectivity index is 1.67.